The standard InChI is InChI=1S/C11H11BrN2O2/c12-9-4-3-8-11(16)14(5-7-1-2-7)10(15)6-13(8)9/h3-4,7H,1-2,5-6H2. The van der Waals surface area contributed by atoms with Gasteiger partial charge in [-0.3, -0.25) is 14.5 Å². The number of halogens is 1. The summed E-state index contributed by atoms with van der Waals surface area (Å²) < 4.78 is 2.50. The Morgan fingerprint density at radius 3 is 2.75 bits per heavy atom. The zero-order valence-electron chi connectivity index (χ0n) is 8.65. The number of aromatic nitrogens is 1. The molecule has 2 amide bonds. The van der Waals surface area contributed by atoms with Crippen molar-refractivity contribution in [2.24, 2.45) is 5.92 Å². The maximum absolute atomic E-state index is 12.1. The largest absolute Gasteiger partial charge is 0.322 e. The second-order valence-electron chi connectivity index (χ2n) is 4.38. The lowest BCUT2D eigenvalue weighted by molar-refractivity contribution is -0.130. The van der Waals surface area contributed by atoms with E-state index in [1.165, 1.54) is 4.90 Å². The summed E-state index contributed by atoms with van der Waals surface area (Å²) in [6, 6.07) is 3.57. The number of amides is 2. The third kappa shape index (κ3) is 1.50. The lowest BCUT2D eigenvalue weighted by atomic mass is 10.2. The quantitative estimate of drug-likeness (QED) is 0.774. The minimum absolute atomic E-state index is 0.0960. The maximum Gasteiger partial charge on any atom is 0.277 e. The first-order chi connectivity index (χ1) is 7.66. The Hall–Kier alpha value is -1.10. The van der Waals surface area contributed by atoms with Crippen molar-refractivity contribution in [2.75, 3.05) is 6.54 Å². The van der Waals surface area contributed by atoms with Crippen LogP contribution >= 0.6 is 15.9 Å². The molecule has 2 heterocycles. The van der Waals surface area contributed by atoms with Crippen LogP contribution in [0.1, 0.15) is 23.3 Å². The zero-order valence-corrected chi connectivity index (χ0v) is 10.2. The molecule has 1 saturated carbocycles. The molecule has 1 aliphatic heterocycles. The van der Waals surface area contributed by atoms with Crippen molar-refractivity contribution in [3.05, 3.63) is 22.4 Å². The summed E-state index contributed by atoms with van der Waals surface area (Å²) in [6.07, 6.45) is 2.28. The van der Waals surface area contributed by atoms with Crippen molar-refractivity contribution < 1.29 is 9.59 Å². The Kier molecular flexibility index (Phi) is 2.17. The Morgan fingerprint density at radius 2 is 2.06 bits per heavy atom. The molecule has 84 valence electrons. The molecule has 5 heteroatoms. The zero-order chi connectivity index (χ0) is 11.3. The summed E-state index contributed by atoms with van der Waals surface area (Å²) in [6.45, 7) is 0.863. The summed E-state index contributed by atoms with van der Waals surface area (Å²) in [5, 5.41) is 0. The monoisotopic (exact) mass is 282 g/mol. The molecule has 0 saturated heterocycles. The van der Waals surface area contributed by atoms with Crippen LogP contribution in [0.3, 0.4) is 0 Å². The third-order valence-corrected chi connectivity index (χ3v) is 3.82. The minimum Gasteiger partial charge on any atom is -0.322 e. The van der Waals surface area contributed by atoms with Gasteiger partial charge in [-0.1, -0.05) is 0 Å². The molecule has 0 spiro atoms. The van der Waals surface area contributed by atoms with Gasteiger partial charge in [0.2, 0.25) is 5.91 Å². The molecular weight excluding hydrogens is 272 g/mol. The van der Waals surface area contributed by atoms with E-state index in [4.69, 9.17) is 0 Å². The fourth-order valence-electron chi connectivity index (χ4n) is 2.01. The molecule has 4 nitrogen and oxygen atoms in total. The van der Waals surface area contributed by atoms with Crippen molar-refractivity contribution in [3.8, 4) is 0 Å². The van der Waals surface area contributed by atoms with E-state index >= 15 is 0 Å². The van der Waals surface area contributed by atoms with E-state index in [0.717, 1.165) is 17.4 Å². The topological polar surface area (TPSA) is 42.3 Å². The van der Waals surface area contributed by atoms with Crippen molar-refractivity contribution in [2.45, 2.75) is 19.4 Å². The summed E-state index contributed by atoms with van der Waals surface area (Å²) in [7, 11) is 0. The van der Waals surface area contributed by atoms with E-state index in [0.29, 0.717) is 18.2 Å². The van der Waals surface area contributed by atoms with Gasteiger partial charge in [-0.05, 0) is 46.8 Å². The second kappa shape index (κ2) is 3.45. The molecule has 0 bridgehead atoms. The maximum atomic E-state index is 12.1. The molecular formula is C11H11BrN2O2. The Bertz CT molecular complexity index is 476. The predicted molar refractivity (Wildman–Crippen MR) is 60.9 cm³/mol. The molecule has 0 atom stereocenters. The van der Waals surface area contributed by atoms with Crippen LogP contribution in [0.5, 0.6) is 0 Å². The van der Waals surface area contributed by atoms with Gasteiger partial charge in [0, 0.05) is 6.54 Å². The number of imide groups is 1. The lowest BCUT2D eigenvalue weighted by Gasteiger charge is -2.26. The van der Waals surface area contributed by atoms with Crippen LogP contribution in [-0.2, 0) is 11.3 Å². The number of fused-ring (bicyclic) bond motifs is 1. The molecule has 1 aromatic heterocycles. The van der Waals surface area contributed by atoms with Gasteiger partial charge in [0.15, 0.2) is 0 Å². The highest BCUT2D eigenvalue weighted by molar-refractivity contribution is 9.10. The smallest absolute Gasteiger partial charge is 0.277 e. The SMILES string of the molecule is O=C1Cn2c(Br)ccc2C(=O)N1CC1CC1. The highest BCUT2D eigenvalue weighted by atomic mass is 79.9. The third-order valence-electron chi connectivity index (χ3n) is 3.12. The molecule has 1 fully saturated rings. The van der Waals surface area contributed by atoms with Gasteiger partial charge in [-0.25, -0.2) is 0 Å². The van der Waals surface area contributed by atoms with Gasteiger partial charge < -0.3 is 4.57 Å². The summed E-state index contributed by atoms with van der Waals surface area (Å²) in [5.74, 6) is 0.285. The van der Waals surface area contributed by atoms with E-state index in [1.54, 1.807) is 16.7 Å². The Balaban J connectivity index is 1.93. The first kappa shape index (κ1) is 10.1. The summed E-state index contributed by atoms with van der Waals surface area (Å²) >= 11 is 3.33. The number of nitrogens with zero attached hydrogens (tertiary/aromatic N) is 2. The second-order valence-corrected chi connectivity index (χ2v) is 5.19. The van der Waals surface area contributed by atoms with Crippen molar-refractivity contribution in [3.63, 3.8) is 0 Å². The lowest BCUT2D eigenvalue weighted by Crippen LogP contribution is -2.45. The van der Waals surface area contributed by atoms with Crippen molar-refractivity contribution in [1.29, 1.82) is 0 Å². The van der Waals surface area contributed by atoms with E-state index in [-0.39, 0.29) is 18.4 Å². The van der Waals surface area contributed by atoms with Crippen LogP contribution in [0, 0.1) is 5.92 Å². The normalized spacial score (nSPS) is 20.2. The summed E-state index contributed by atoms with van der Waals surface area (Å²) in [4.78, 5) is 25.3. The van der Waals surface area contributed by atoms with Crippen molar-refractivity contribution in [1.82, 2.24) is 9.47 Å². The number of carbonyl (C=O) groups excluding carboxylic acids is 2. The Morgan fingerprint density at radius 1 is 1.31 bits per heavy atom. The molecule has 0 N–H and O–H groups in total. The van der Waals surface area contributed by atoms with Crippen LogP contribution in [0.2, 0.25) is 0 Å². The number of rotatable bonds is 2. The van der Waals surface area contributed by atoms with E-state index in [9.17, 15) is 9.59 Å². The molecule has 0 aromatic carbocycles. The Labute approximate surface area is 101 Å². The molecule has 16 heavy (non-hydrogen) atoms. The molecule has 0 radical (unpaired) electrons. The highest BCUT2D eigenvalue weighted by Gasteiger charge is 2.35. The summed E-state index contributed by atoms with van der Waals surface area (Å²) in [5.41, 5.74) is 0.604. The fourth-order valence-corrected chi connectivity index (χ4v) is 2.45. The number of hydrogen-bond donors (Lipinski definition) is 0. The first-order valence-electron chi connectivity index (χ1n) is 5.36. The number of carbonyl (C=O) groups is 2. The number of hydrogen-bond acceptors (Lipinski definition) is 2. The van der Waals surface area contributed by atoms with Gasteiger partial charge in [0.1, 0.15) is 12.2 Å². The van der Waals surface area contributed by atoms with E-state index < -0.39 is 0 Å². The minimum atomic E-state index is -0.158. The molecule has 1 aromatic rings. The van der Waals surface area contributed by atoms with Crippen LogP contribution in [0.25, 0.3) is 0 Å². The van der Waals surface area contributed by atoms with Gasteiger partial charge in [-0.15, -0.1) is 0 Å². The fraction of sp³-hybridized carbons (Fsp3) is 0.455. The highest BCUT2D eigenvalue weighted by Crippen LogP contribution is 2.31. The predicted octanol–water partition coefficient (Wildman–Crippen LogP) is 1.64. The van der Waals surface area contributed by atoms with Crippen LogP contribution in [-0.4, -0.2) is 27.8 Å². The average molecular weight is 283 g/mol. The van der Waals surface area contributed by atoms with Crippen LogP contribution in [0.4, 0.5) is 0 Å². The van der Waals surface area contributed by atoms with Gasteiger partial charge in [0.05, 0.1) is 4.60 Å². The molecule has 3 rings (SSSR count). The molecule has 1 aliphatic carbocycles. The van der Waals surface area contributed by atoms with Crippen LogP contribution < -0.4 is 0 Å². The van der Waals surface area contributed by atoms with Crippen molar-refractivity contribution >= 4 is 27.7 Å². The van der Waals surface area contributed by atoms with E-state index in [2.05, 4.69) is 15.9 Å². The van der Waals surface area contributed by atoms with Gasteiger partial charge in [-0.2, -0.15) is 0 Å². The average Bonchev–Trinajstić information content (AvgIpc) is 2.99. The van der Waals surface area contributed by atoms with Gasteiger partial charge in [0.25, 0.3) is 5.91 Å². The van der Waals surface area contributed by atoms with Crippen LogP contribution in [0.15, 0.2) is 16.7 Å². The molecule has 0 unspecified atom stereocenters. The first-order valence-corrected chi connectivity index (χ1v) is 6.16. The van der Waals surface area contributed by atoms with E-state index in [1.807, 2.05) is 0 Å². The van der Waals surface area contributed by atoms with Gasteiger partial charge >= 0.3 is 0 Å². The molecule has 2 aliphatic rings.